The Bertz CT molecular complexity index is 868. The molecule has 0 aliphatic carbocycles. The first-order valence-electron chi connectivity index (χ1n) is 9.60. The number of hydrogen-bond acceptors (Lipinski definition) is 4. The third kappa shape index (κ3) is 3.98. The molecule has 1 fully saturated rings. The van der Waals surface area contributed by atoms with E-state index in [9.17, 15) is 4.79 Å². The third-order valence-electron chi connectivity index (χ3n) is 5.13. The van der Waals surface area contributed by atoms with Gasteiger partial charge in [0.1, 0.15) is 5.75 Å². The summed E-state index contributed by atoms with van der Waals surface area (Å²) in [5.41, 5.74) is 1.08. The van der Waals surface area contributed by atoms with Crippen LogP contribution in [0.5, 0.6) is 5.75 Å². The molecule has 0 radical (unpaired) electrons. The molecule has 1 amide bonds. The Morgan fingerprint density at radius 1 is 1.15 bits per heavy atom. The van der Waals surface area contributed by atoms with E-state index in [0.717, 1.165) is 37.2 Å². The van der Waals surface area contributed by atoms with Gasteiger partial charge >= 0.3 is 0 Å². The van der Waals surface area contributed by atoms with Crippen molar-refractivity contribution in [3.05, 3.63) is 59.6 Å². The van der Waals surface area contributed by atoms with E-state index in [-0.39, 0.29) is 5.91 Å². The van der Waals surface area contributed by atoms with E-state index in [1.165, 1.54) is 9.71 Å². The predicted octanol–water partition coefficient (Wildman–Crippen LogP) is 4.86. The van der Waals surface area contributed by atoms with Crippen LogP contribution in [0.15, 0.2) is 54.6 Å². The van der Waals surface area contributed by atoms with Gasteiger partial charge in [-0.2, -0.15) is 0 Å². The molecule has 1 aromatic heterocycles. The lowest BCUT2D eigenvalue weighted by Gasteiger charge is -2.33. The van der Waals surface area contributed by atoms with E-state index < -0.39 is 6.10 Å². The van der Waals surface area contributed by atoms with Crippen LogP contribution in [-0.2, 0) is 4.79 Å². The number of fused-ring (bicyclic) bond motifs is 1. The van der Waals surface area contributed by atoms with Gasteiger partial charge in [0.15, 0.2) is 6.10 Å². The lowest BCUT2D eigenvalue weighted by Crippen LogP contribution is -2.45. The van der Waals surface area contributed by atoms with E-state index in [4.69, 9.17) is 9.72 Å². The Morgan fingerprint density at radius 3 is 2.56 bits per heavy atom. The topological polar surface area (TPSA) is 42.4 Å². The van der Waals surface area contributed by atoms with Crippen molar-refractivity contribution < 1.29 is 9.53 Å². The summed E-state index contributed by atoms with van der Waals surface area (Å²) >= 11 is 1.79. The molecule has 140 valence electrons. The summed E-state index contributed by atoms with van der Waals surface area (Å²) in [5, 5.41) is 1.20. The zero-order valence-electron chi connectivity index (χ0n) is 15.5. The number of thiazole rings is 1. The molecule has 0 spiro atoms. The quantitative estimate of drug-likeness (QED) is 0.635. The van der Waals surface area contributed by atoms with Crippen LogP contribution in [-0.4, -0.2) is 35.0 Å². The fourth-order valence-electron chi connectivity index (χ4n) is 3.59. The van der Waals surface area contributed by atoms with Gasteiger partial charge in [-0.05, 0) is 43.5 Å². The first-order chi connectivity index (χ1) is 13.2. The number of nitrogens with zero attached hydrogens (tertiary/aromatic N) is 2. The molecule has 27 heavy (non-hydrogen) atoms. The van der Waals surface area contributed by atoms with E-state index in [1.54, 1.807) is 11.3 Å². The predicted molar refractivity (Wildman–Crippen MR) is 109 cm³/mol. The molecule has 4 nitrogen and oxygen atoms in total. The molecule has 2 aromatic carbocycles. The average Bonchev–Trinajstić information content (AvgIpc) is 3.17. The minimum absolute atomic E-state index is 0.101. The maximum atomic E-state index is 12.9. The first kappa shape index (κ1) is 18.0. The zero-order chi connectivity index (χ0) is 18.6. The highest BCUT2D eigenvalue weighted by Crippen LogP contribution is 2.34. The van der Waals surface area contributed by atoms with Crippen LogP contribution < -0.4 is 4.74 Å². The molecule has 1 aliphatic heterocycles. The molecule has 1 atom stereocenters. The molecule has 4 rings (SSSR count). The van der Waals surface area contributed by atoms with Crippen LogP contribution in [0.1, 0.15) is 37.1 Å². The van der Waals surface area contributed by atoms with Crippen molar-refractivity contribution in [2.75, 3.05) is 13.1 Å². The number of benzene rings is 2. The largest absolute Gasteiger partial charge is 0.481 e. The molecule has 0 bridgehead atoms. The number of piperidine rings is 1. The maximum Gasteiger partial charge on any atom is 0.263 e. The van der Waals surface area contributed by atoms with Gasteiger partial charge in [-0.3, -0.25) is 4.79 Å². The van der Waals surface area contributed by atoms with Crippen molar-refractivity contribution in [3.8, 4) is 5.75 Å². The molecule has 2 heterocycles. The Kier molecular flexibility index (Phi) is 5.39. The number of hydrogen-bond donors (Lipinski definition) is 0. The number of aromatic nitrogens is 1. The summed E-state index contributed by atoms with van der Waals surface area (Å²) in [6, 6.07) is 17.9. The minimum atomic E-state index is -0.411. The average molecular weight is 381 g/mol. The minimum Gasteiger partial charge on any atom is -0.481 e. The molecule has 1 saturated heterocycles. The van der Waals surface area contributed by atoms with Crippen molar-refractivity contribution >= 4 is 27.5 Å². The highest BCUT2D eigenvalue weighted by atomic mass is 32.1. The van der Waals surface area contributed by atoms with E-state index in [0.29, 0.717) is 12.3 Å². The number of carbonyl (C=O) groups is 1. The maximum absolute atomic E-state index is 12.9. The smallest absolute Gasteiger partial charge is 0.263 e. The van der Waals surface area contributed by atoms with Gasteiger partial charge in [-0.25, -0.2) is 4.98 Å². The fourth-order valence-corrected chi connectivity index (χ4v) is 4.72. The molecular formula is C22H24N2O2S. The third-order valence-corrected chi connectivity index (χ3v) is 6.33. The van der Waals surface area contributed by atoms with Gasteiger partial charge in [-0.15, -0.1) is 11.3 Å². The number of para-hydroxylation sites is 2. The molecule has 5 heteroatoms. The van der Waals surface area contributed by atoms with Crippen molar-refractivity contribution in [2.24, 2.45) is 0 Å². The van der Waals surface area contributed by atoms with Crippen molar-refractivity contribution in [3.63, 3.8) is 0 Å². The molecule has 1 aliphatic rings. The van der Waals surface area contributed by atoms with Gasteiger partial charge in [0.05, 0.1) is 15.2 Å². The Labute approximate surface area is 163 Å². The Morgan fingerprint density at radius 2 is 1.85 bits per heavy atom. The Balaban J connectivity index is 1.38. The molecular weight excluding hydrogens is 356 g/mol. The van der Waals surface area contributed by atoms with Crippen molar-refractivity contribution in [2.45, 2.75) is 38.2 Å². The number of likely N-dealkylation sites (tertiary alicyclic amines) is 1. The zero-order valence-corrected chi connectivity index (χ0v) is 16.3. The number of ether oxygens (including phenoxy) is 1. The highest BCUT2D eigenvalue weighted by Gasteiger charge is 2.30. The van der Waals surface area contributed by atoms with E-state index in [1.807, 2.05) is 48.2 Å². The van der Waals surface area contributed by atoms with Crippen LogP contribution in [0, 0.1) is 0 Å². The second-order valence-corrected chi connectivity index (χ2v) is 8.01. The second-order valence-electron chi connectivity index (χ2n) is 6.95. The van der Waals surface area contributed by atoms with Crippen LogP contribution >= 0.6 is 11.3 Å². The van der Waals surface area contributed by atoms with Gasteiger partial charge in [0, 0.05) is 19.0 Å². The lowest BCUT2D eigenvalue weighted by molar-refractivity contribution is -0.140. The molecule has 0 saturated carbocycles. The van der Waals surface area contributed by atoms with Gasteiger partial charge in [-0.1, -0.05) is 37.3 Å². The first-order valence-corrected chi connectivity index (χ1v) is 10.4. The van der Waals surface area contributed by atoms with Gasteiger partial charge < -0.3 is 9.64 Å². The van der Waals surface area contributed by atoms with E-state index in [2.05, 4.69) is 18.2 Å². The summed E-state index contributed by atoms with van der Waals surface area (Å²) < 4.78 is 7.17. The normalized spacial score (nSPS) is 16.4. The van der Waals surface area contributed by atoms with Crippen LogP contribution in [0.4, 0.5) is 0 Å². The number of carbonyl (C=O) groups excluding carboxylic acids is 1. The van der Waals surface area contributed by atoms with Crippen molar-refractivity contribution in [1.82, 2.24) is 9.88 Å². The second kappa shape index (κ2) is 8.09. The number of rotatable bonds is 5. The van der Waals surface area contributed by atoms with E-state index >= 15 is 0 Å². The van der Waals surface area contributed by atoms with Gasteiger partial charge in [0.25, 0.3) is 5.91 Å². The van der Waals surface area contributed by atoms with Crippen LogP contribution in [0.25, 0.3) is 10.2 Å². The van der Waals surface area contributed by atoms with Crippen molar-refractivity contribution in [1.29, 1.82) is 0 Å². The molecule has 1 unspecified atom stereocenters. The summed E-state index contributed by atoms with van der Waals surface area (Å²) in [4.78, 5) is 19.7. The summed E-state index contributed by atoms with van der Waals surface area (Å²) in [7, 11) is 0. The van der Waals surface area contributed by atoms with Gasteiger partial charge in [0.2, 0.25) is 0 Å². The van der Waals surface area contributed by atoms with Crippen LogP contribution in [0.2, 0.25) is 0 Å². The summed E-state index contributed by atoms with van der Waals surface area (Å²) in [6.45, 7) is 3.54. The number of amides is 1. The lowest BCUT2D eigenvalue weighted by atomic mass is 9.97. The molecule has 3 aromatic rings. The highest BCUT2D eigenvalue weighted by molar-refractivity contribution is 7.18. The SMILES string of the molecule is CCC(Oc1ccccc1)C(=O)N1CCC(c2nc3ccccc3s2)CC1. The summed E-state index contributed by atoms with van der Waals surface area (Å²) in [5.74, 6) is 1.30. The molecule has 0 N–H and O–H groups in total. The monoisotopic (exact) mass is 380 g/mol. The Hall–Kier alpha value is -2.40. The summed E-state index contributed by atoms with van der Waals surface area (Å²) in [6.07, 6.45) is 2.19. The van der Waals surface area contributed by atoms with Crippen LogP contribution in [0.3, 0.4) is 0 Å². The standard InChI is InChI=1S/C22H24N2O2S/c1-2-19(26-17-8-4-3-5-9-17)22(25)24-14-12-16(13-15-24)21-23-18-10-6-7-11-20(18)27-21/h3-11,16,19H,2,12-15H2,1H3. The fraction of sp³-hybridized carbons (Fsp3) is 0.364.